The molecule has 0 radical (unpaired) electrons. The zero-order valence-electron chi connectivity index (χ0n) is 14.3. The van der Waals surface area contributed by atoms with Gasteiger partial charge in [-0.3, -0.25) is 0 Å². The van der Waals surface area contributed by atoms with Gasteiger partial charge in [0.05, 0.1) is 11.4 Å². The Hall–Kier alpha value is -1.18. The standard InChI is InChI=1S/C19H34N2/c1-4-6-8-10-14-19(3,13-9-7-5-2)16-11-12-17(20)18(21)15-16/h11-12,15H,4-10,13-14,20-21H2,1-3H3. The number of hydrogen-bond acceptors (Lipinski definition) is 2. The molecule has 1 aromatic rings. The molecule has 2 nitrogen and oxygen atoms in total. The van der Waals surface area contributed by atoms with Gasteiger partial charge in [0.15, 0.2) is 0 Å². The van der Waals surface area contributed by atoms with Crippen LogP contribution in [0.4, 0.5) is 11.4 Å². The van der Waals surface area contributed by atoms with Crippen molar-refractivity contribution in [2.75, 3.05) is 11.5 Å². The summed E-state index contributed by atoms with van der Waals surface area (Å²) in [6, 6.07) is 6.24. The second-order valence-electron chi connectivity index (χ2n) is 6.67. The maximum atomic E-state index is 6.02. The van der Waals surface area contributed by atoms with Gasteiger partial charge >= 0.3 is 0 Å². The molecule has 0 aliphatic carbocycles. The van der Waals surface area contributed by atoms with E-state index in [2.05, 4.69) is 32.9 Å². The molecule has 120 valence electrons. The molecule has 4 N–H and O–H groups in total. The third kappa shape index (κ3) is 5.61. The van der Waals surface area contributed by atoms with E-state index in [4.69, 9.17) is 11.5 Å². The molecule has 0 aromatic heterocycles. The average Bonchev–Trinajstić information content (AvgIpc) is 2.47. The summed E-state index contributed by atoms with van der Waals surface area (Å²) in [6.45, 7) is 6.93. The number of nitrogen functional groups attached to an aromatic ring is 2. The highest BCUT2D eigenvalue weighted by Gasteiger charge is 2.26. The first kappa shape index (κ1) is 17.9. The van der Waals surface area contributed by atoms with Gasteiger partial charge in [0.25, 0.3) is 0 Å². The summed E-state index contributed by atoms with van der Waals surface area (Å²) < 4.78 is 0. The molecule has 0 aliphatic heterocycles. The first-order valence-corrected chi connectivity index (χ1v) is 8.69. The molecule has 21 heavy (non-hydrogen) atoms. The zero-order chi connectivity index (χ0) is 15.7. The van der Waals surface area contributed by atoms with Crippen molar-refractivity contribution in [1.29, 1.82) is 0 Å². The van der Waals surface area contributed by atoms with Crippen LogP contribution in [0, 0.1) is 0 Å². The molecule has 1 aromatic carbocycles. The van der Waals surface area contributed by atoms with Crippen LogP contribution in [0.5, 0.6) is 0 Å². The fourth-order valence-corrected chi connectivity index (χ4v) is 3.07. The Morgan fingerprint density at radius 2 is 1.38 bits per heavy atom. The van der Waals surface area contributed by atoms with Gasteiger partial charge in [-0.05, 0) is 36.0 Å². The lowest BCUT2D eigenvalue weighted by Crippen LogP contribution is -2.22. The van der Waals surface area contributed by atoms with Gasteiger partial charge in [-0.25, -0.2) is 0 Å². The molecule has 0 amide bonds. The van der Waals surface area contributed by atoms with Gasteiger partial charge in [-0.2, -0.15) is 0 Å². The summed E-state index contributed by atoms with van der Waals surface area (Å²) in [5.74, 6) is 0. The van der Waals surface area contributed by atoms with Crippen molar-refractivity contribution < 1.29 is 0 Å². The normalized spacial score (nSPS) is 14.0. The first-order chi connectivity index (χ1) is 10.0. The third-order valence-electron chi connectivity index (χ3n) is 4.70. The van der Waals surface area contributed by atoms with E-state index in [0.717, 1.165) is 5.69 Å². The molecule has 1 atom stereocenters. The van der Waals surface area contributed by atoms with Crippen LogP contribution >= 0.6 is 0 Å². The minimum Gasteiger partial charge on any atom is -0.397 e. The molecule has 1 rings (SSSR count). The van der Waals surface area contributed by atoms with Crippen molar-refractivity contribution in [2.24, 2.45) is 0 Å². The second kappa shape index (κ2) is 8.96. The van der Waals surface area contributed by atoms with Gasteiger partial charge in [0.1, 0.15) is 0 Å². The van der Waals surface area contributed by atoms with E-state index in [1.54, 1.807) is 0 Å². The minimum absolute atomic E-state index is 0.241. The van der Waals surface area contributed by atoms with Crippen molar-refractivity contribution in [3.05, 3.63) is 23.8 Å². The summed E-state index contributed by atoms with van der Waals surface area (Å²) >= 11 is 0. The fraction of sp³-hybridized carbons (Fsp3) is 0.684. The smallest absolute Gasteiger partial charge is 0.0550 e. The van der Waals surface area contributed by atoms with Crippen LogP contribution in [0.25, 0.3) is 0 Å². The third-order valence-corrected chi connectivity index (χ3v) is 4.70. The van der Waals surface area contributed by atoms with Gasteiger partial charge in [0, 0.05) is 0 Å². The lowest BCUT2D eigenvalue weighted by Gasteiger charge is -2.31. The predicted molar refractivity (Wildman–Crippen MR) is 95.5 cm³/mol. The topological polar surface area (TPSA) is 52.0 Å². The highest BCUT2D eigenvalue weighted by Crippen LogP contribution is 2.37. The molecule has 0 fully saturated rings. The largest absolute Gasteiger partial charge is 0.397 e. The van der Waals surface area contributed by atoms with Gasteiger partial charge < -0.3 is 11.5 Å². The van der Waals surface area contributed by atoms with Crippen molar-refractivity contribution in [3.63, 3.8) is 0 Å². The molecular formula is C19H34N2. The molecule has 0 aliphatic rings. The zero-order valence-corrected chi connectivity index (χ0v) is 14.3. The maximum absolute atomic E-state index is 6.02. The lowest BCUT2D eigenvalue weighted by atomic mass is 9.74. The average molecular weight is 290 g/mol. The number of benzene rings is 1. The number of nitrogens with two attached hydrogens (primary N) is 2. The summed E-state index contributed by atoms with van der Waals surface area (Å²) in [5, 5.41) is 0. The van der Waals surface area contributed by atoms with Crippen LogP contribution in [0.2, 0.25) is 0 Å². The predicted octanol–water partition coefficient (Wildman–Crippen LogP) is 5.66. The van der Waals surface area contributed by atoms with Crippen LogP contribution in [-0.4, -0.2) is 0 Å². The van der Waals surface area contributed by atoms with E-state index in [1.807, 2.05) is 6.07 Å². The highest BCUT2D eigenvalue weighted by molar-refractivity contribution is 5.64. The number of unbranched alkanes of at least 4 members (excludes halogenated alkanes) is 5. The van der Waals surface area contributed by atoms with E-state index >= 15 is 0 Å². The first-order valence-electron chi connectivity index (χ1n) is 8.69. The van der Waals surface area contributed by atoms with Crippen LogP contribution in [0.15, 0.2) is 18.2 Å². The van der Waals surface area contributed by atoms with E-state index in [9.17, 15) is 0 Å². The number of hydrogen-bond donors (Lipinski definition) is 2. The van der Waals surface area contributed by atoms with Crippen LogP contribution < -0.4 is 11.5 Å². The Labute approximate surface area is 131 Å². The fourth-order valence-electron chi connectivity index (χ4n) is 3.07. The molecule has 2 heteroatoms. The van der Waals surface area contributed by atoms with Gasteiger partial charge in [-0.1, -0.05) is 71.8 Å². The van der Waals surface area contributed by atoms with Crippen molar-refractivity contribution in [3.8, 4) is 0 Å². The summed E-state index contributed by atoms with van der Waals surface area (Å²) in [7, 11) is 0. The Balaban J connectivity index is 2.80. The Kier molecular flexibility index (Phi) is 7.63. The van der Waals surface area contributed by atoms with Gasteiger partial charge in [0.2, 0.25) is 0 Å². The molecule has 0 saturated carbocycles. The molecule has 0 bridgehead atoms. The van der Waals surface area contributed by atoms with Crippen molar-refractivity contribution >= 4 is 11.4 Å². The monoisotopic (exact) mass is 290 g/mol. The molecule has 0 heterocycles. The van der Waals surface area contributed by atoms with E-state index in [-0.39, 0.29) is 5.41 Å². The minimum atomic E-state index is 0.241. The lowest BCUT2D eigenvalue weighted by molar-refractivity contribution is 0.366. The SMILES string of the molecule is CCCCCCC(C)(CCCCC)c1ccc(N)c(N)c1. The second-order valence-corrected chi connectivity index (χ2v) is 6.67. The Bertz CT molecular complexity index is 414. The highest BCUT2D eigenvalue weighted by atomic mass is 14.7. The van der Waals surface area contributed by atoms with Crippen molar-refractivity contribution in [1.82, 2.24) is 0 Å². The molecule has 0 saturated heterocycles. The van der Waals surface area contributed by atoms with Gasteiger partial charge in [-0.15, -0.1) is 0 Å². The quantitative estimate of drug-likeness (QED) is 0.431. The number of rotatable bonds is 10. The van der Waals surface area contributed by atoms with E-state index in [1.165, 1.54) is 63.4 Å². The van der Waals surface area contributed by atoms with Crippen LogP contribution in [0.3, 0.4) is 0 Å². The summed E-state index contributed by atoms with van der Waals surface area (Å²) in [4.78, 5) is 0. The molecule has 0 spiro atoms. The molecular weight excluding hydrogens is 256 g/mol. The summed E-state index contributed by atoms with van der Waals surface area (Å²) in [6.07, 6.45) is 11.7. The summed E-state index contributed by atoms with van der Waals surface area (Å²) in [5.41, 5.74) is 14.9. The number of anilines is 2. The van der Waals surface area contributed by atoms with Crippen molar-refractivity contribution in [2.45, 2.75) is 84.0 Å². The van der Waals surface area contributed by atoms with E-state index < -0.39 is 0 Å². The van der Waals surface area contributed by atoms with Crippen LogP contribution in [0.1, 0.15) is 84.1 Å². The maximum Gasteiger partial charge on any atom is 0.0550 e. The Morgan fingerprint density at radius 1 is 0.810 bits per heavy atom. The Morgan fingerprint density at radius 3 is 1.95 bits per heavy atom. The van der Waals surface area contributed by atoms with E-state index in [0.29, 0.717) is 5.69 Å². The molecule has 1 unspecified atom stereocenters. The van der Waals surface area contributed by atoms with Crippen LogP contribution in [-0.2, 0) is 5.41 Å².